The molecule has 1 unspecified atom stereocenters. The van der Waals surface area contributed by atoms with Gasteiger partial charge in [0.2, 0.25) is 0 Å². The largest absolute Gasteiger partial charge is 0.434 e. The molecule has 0 fully saturated rings. The molecule has 0 aromatic rings. The highest BCUT2D eigenvalue weighted by molar-refractivity contribution is 5.76. The SMILES string of the molecule is C=COC(=O)C(C#N)C(C)(C)C. The van der Waals surface area contributed by atoms with Gasteiger partial charge in [-0.05, 0) is 5.41 Å². The summed E-state index contributed by atoms with van der Waals surface area (Å²) < 4.78 is 4.52. The quantitative estimate of drug-likeness (QED) is 0.466. The number of hydrogen-bond donors (Lipinski definition) is 0. The lowest BCUT2D eigenvalue weighted by Crippen LogP contribution is -2.27. The predicted octanol–water partition coefficient (Wildman–Crippen LogP) is 1.86. The molecule has 0 spiro atoms. The van der Waals surface area contributed by atoms with Crippen molar-refractivity contribution >= 4 is 5.97 Å². The summed E-state index contributed by atoms with van der Waals surface area (Å²) in [4.78, 5) is 11.1. The molecular formula is C9H13NO2. The van der Waals surface area contributed by atoms with Crippen molar-refractivity contribution in [3.63, 3.8) is 0 Å². The van der Waals surface area contributed by atoms with Crippen LogP contribution in [0.2, 0.25) is 0 Å². The maximum atomic E-state index is 11.1. The summed E-state index contributed by atoms with van der Waals surface area (Å²) in [6.07, 6.45) is 1.04. The molecule has 0 aliphatic heterocycles. The van der Waals surface area contributed by atoms with Crippen LogP contribution in [-0.2, 0) is 9.53 Å². The van der Waals surface area contributed by atoms with Gasteiger partial charge in [0.1, 0.15) is 5.92 Å². The van der Waals surface area contributed by atoms with Gasteiger partial charge >= 0.3 is 5.97 Å². The van der Waals surface area contributed by atoms with Crippen molar-refractivity contribution in [1.82, 2.24) is 0 Å². The van der Waals surface area contributed by atoms with E-state index in [2.05, 4.69) is 11.3 Å². The molecule has 0 aliphatic carbocycles. The molecule has 1 atom stereocenters. The van der Waals surface area contributed by atoms with Crippen LogP contribution in [0.3, 0.4) is 0 Å². The van der Waals surface area contributed by atoms with Gasteiger partial charge < -0.3 is 4.74 Å². The van der Waals surface area contributed by atoms with E-state index in [1.807, 2.05) is 26.8 Å². The lowest BCUT2D eigenvalue weighted by Gasteiger charge is -2.21. The van der Waals surface area contributed by atoms with E-state index in [-0.39, 0.29) is 0 Å². The molecule has 3 nitrogen and oxygen atoms in total. The number of nitrogens with zero attached hydrogens (tertiary/aromatic N) is 1. The van der Waals surface area contributed by atoms with Crippen molar-refractivity contribution in [3.8, 4) is 6.07 Å². The first-order chi connectivity index (χ1) is 5.43. The third kappa shape index (κ3) is 2.75. The third-order valence-corrected chi connectivity index (χ3v) is 1.43. The molecule has 3 heteroatoms. The Labute approximate surface area is 72.6 Å². The van der Waals surface area contributed by atoms with E-state index >= 15 is 0 Å². The van der Waals surface area contributed by atoms with Gasteiger partial charge in [-0.15, -0.1) is 0 Å². The molecule has 0 bridgehead atoms. The molecule has 0 aliphatic rings. The smallest absolute Gasteiger partial charge is 0.328 e. The van der Waals surface area contributed by atoms with E-state index in [4.69, 9.17) is 5.26 Å². The second-order valence-electron chi connectivity index (χ2n) is 3.53. The van der Waals surface area contributed by atoms with Gasteiger partial charge in [-0.1, -0.05) is 27.4 Å². The summed E-state index contributed by atoms with van der Waals surface area (Å²) in [7, 11) is 0. The highest BCUT2D eigenvalue weighted by Crippen LogP contribution is 2.26. The minimum atomic E-state index is -0.740. The van der Waals surface area contributed by atoms with Crippen LogP contribution in [0.4, 0.5) is 0 Å². The summed E-state index contributed by atoms with van der Waals surface area (Å²) in [5.41, 5.74) is -0.394. The van der Waals surface area contributed by atoms with Gasteiger partial charge in [0.05, 0.1) is 12.3 Å². The highest BCUT2D eigenvalue weighted by Gasteiger charge is 2.32. The van der Waals surface area contributed by atoms with Gasteiger partial charge in [0.15, 0.2) is 0 Å². The average molecular weight is 167 g/mol. The van der Waals surface area contributed by atoms with E-state index in [1.165, 1.54) is 0 Å². The molecule has 0 aromatic carbocycles. The van der Waals surface area contributed by atoms with Crippen LogP contribution in [0, 0.1) is 22.7 Å². The lowest BCUT2D eigenvalue weighted by molar-refractivity contribution is -0.143. The van der Waals surface area contributed by atoms with Crippen LogP contribution in [0.5, 0.6) is 0 Å². The summed E-state index contributed by atoms with van der Waals surface area (Å²) in [5.74, 6) is -1.28. The van der Waals surface area contributed by atoms with E-state index < -0.39 is 17.3 Å². The van der Waals surface area contributed by atoms with Crippen molar-refractivity contribution in [3.05, 3.63) is 12.8 Å². The van der Waals surface area contributed by atoms with Gasteiger partial charge in [-0.2, -0.15) is 5.26 Å². The Bertz CT molecular complexity index is 220. The van der Waals surface area contributed by atoms with Crippen molar-refractivity contribution in [2.45, 2.75) is 20.8 Å². The van der Waals surface area contributed by atoms with Crippen LogP contribution in [0.15, 0.2) is 12.8 Å². The van der Waals surface area contributed by atoms with Crippen LogP contribution in [-0.4, -0.2) is 5.97 Å². The Morgan fingerprint density at radius 1 is 1.67 bits per heavy atom. The maximum Gasteiger partial charge on any atom is 0.328 e. The number of esters is 1. The molecule has 0 saturated heterocycles. The average Bonchev–Trinajstić information content (AvgIpc) is 1.85. The Kier molecular flexibility index (Phi) is 3.49. The fourth-order valence-corrected chi connectivity index (χ4v) is 0.750. The van der Waals surface area contributed by atoms with Gasteiger partial charge in [0, 0.05) is 0 Å². The number of rotatable bonds is 2. The zero-order valence-electron chi connectivity index (χ0n) is 7.63. The Morgan fingerprint density at radius 2 is 2.17 bits per heavy atom. The molecule has 0 aromatic heterocycles. The second-order valence-corrected chi connectivity index (χ2v) is 3.53. The standard InChI is InChI=1S/C9H13NO2/c1-5-12-8(11)7(6-10)9(2,3)4/h5,7H,1H2,2-4H3. The van der Waals surface area contributed by atoms with Crippen molar-refractivity contribution in [1.29, 1.82) is 5.26 Å². The van der Waals surface area contributed by atoms with E-state index in [0.717, 1.165) is 6.26 Å². The molecule has 0 radical (unpaired) electrons. The van der Waals surface area contributed by atoms with Crippen molar-refractivity contribution < 1.29 is 9.53 Å². The highest BCUT2D eigenvalue weighted by atomic mass is 16.5. The summed E-state index contributed by atoms with van der Waals surface area (Å²) >= 11 is 0. The van der Waals surface area contributed by atoms with Gasteiger partial charge in [0.25, 0.3) is 0 Å². The third-order valence-electron chi connectivity index (χ3n) is 1.43. The monoisotopic (exact) mass is 167 g/mol. The fraction of sp³-hybridized carbons (Fsp3) is 0.556. The molecule has 66 valence electrons. The first-order valence-corrected chi connectivity index (χ1v) is 3.64. The molecule has 0 amide bonds. The Hall–Kier alpha value is -1.30. The van der Waals surface area contributed by atoms with Crippen LogP contribution in [0.25, 0.3) is 0 Å². The minimum Gasteiger partial charge on any atom is -0.434 e. The van der Waals surface area contributed by atoms with Crippen LogP contribution >= 0.6 is 0 Å². The van der Waals surface area contributed by atoms with Gasteiger partial charge in [-0.25, -0.2) is 0 Å². The first-order valence-electron chi connectivity index (χ1n) is 3.64. The molecule has 0 saturated carbocycles. The molecular weight excluding hydrogens is 154 g/mol. The number of nitriles is 1. The summed E-state index contributed by atoms with van der Waals surface area (Å²) in [6.45, 7) is 8.68. The van der Waals surface area contributed by atoms with Gasteiger partial charge in [-0.3, -0.25) is 4.79 Å². The van der Waals surface area contributed by atoms with E-state index in [1.54, 1.807) is 0 Å². The normalized spacial score (nSPS) is 12.8. The maximum absolute atomic E-state index is 11.1. The molecule has 0 rings (SSSR count). The fourth-order valence-electron chi connectivity index (χ4n) is 0.750. The predicted molar refractivity (Wildman–Crippen MR) is 44.8 cm³/mol. The van der Waals surface area contributed by atoms with Crippen LogP contribution in [0.1, 0.15) is 20.8 Å². The molecule has 0 heterocycles. The van der Waals surface area contributed by atoms with Crippen molar-refractivity contribution in [2.24, 2.45) is 11.3 Å². The molecule has 0 N–H and O–H groups in total. The molecule has 12 heavy (non-hydrogen) atoms. The van der Waals surface area contributed by atoms with Crippen molar-refractivity contribution in [2.75, 3.05) is 0 Å². The topological polar surface area (TPSA) is 50.1 Å². The Morgan fingerprint density at radius 3 is 2.42 bits per heavy atom. The zero-order valence-corrected chi connectivity index (χ0v) is 7.63. The lowest BCUT2D eigenvalue weighted by atomic mass is 9.82. The first kappa shape index (κ1) is 10.7. The zero-order chi connectivity index (χ0) is 9.78. The number of carbonyl (C=O) groups is 1. The van der Waals surface area contributed by atoms with E-state index in [0.29, 0.717) is 0 Å². The number of hydrogen-bond acceptors (Lipinski definition) is 3. The number of ether oxygens (including phenoxy) is 1. The van der Waals surface area contributed by atoms with E-state index in [9.17, 15) is 4.79 Å². The second kappa shape index (κ2) is 3.91. The number of carbonyl (C=O) groups excluding carboxylic acids is 1. The van der Waals surface area contributed by atoms with Crippen LogP contribution < -0.4 is 0 Å². The summed E-state index contributed by atoms with van der Waals surface area (Å²) in [6, 6.07) is 1.90. The minimum absolute atomic E-state index is 0.394. The Balaban J connectivity index is 4.49. The summed E-state index contributed by atoms with van der Waals surface area (Å²) in [5, 5.41) is 8.67.